The lowest BCUT2D eigenvalue weighted by molar-refractivity contribution is -0.153. The van der Waals surface area contributed by atoms with Crippen molar-refractivity contribution in [3.8, 4) is 11.6 Å². The van der Waals surface area contributed by atoms with Crippen LogP contribution in [0, 0.1) is 0 Å². The molecule has 1 amide bonds. The maximum Gasteiger partial charge on any atom is 0.422 e. The molecule has 30 heavy (non-hydrogen) atoms. The van der Waals surface area contributed by atoms with Crippen molar-refractivity contribution < 1.29 is 36.2 Å². The zero-order valence-electron chi connectivity index (χ0n) is 16.2. The highest BCUT2D eigenvalue weighted by Gasteiger charge is 2.28. The summed E-state index contributed by atoms with van der Waals surface area (Å²) in [5.41, 5.74) is 0.569. The molecule has 164 valence electrons. The Labute approximate surface area is 169 Å². The smallest absolute Gasteiger partial charge is 0.422 e. The number of hydrogen-bond donors (Lipinski definition) is 1. The Morgan fingerprint density at radius 2 is 1.77 bits per heavy atom. The molecule has 0 aromatic carbocycles. The third-order valence-corrected chi connectivity index (χ3v) is 3.90. The van der Waals surface area contributed by atoms with E-state index < -0.39 is 37.3 Å². The van der Waals surface area contributed by atoms with Crippen LogP contribution in [0.3, 0.4) is 0 Å². The van der Waals surface area contributed by atoms with Crippen LogP contribution in [0.25, 0.3) is 0 Å². The summed E-state index contributed by atoms with van der Waals surface area (Å²) in [4.78, 5) is 20.1. The number of nitrogens with zero attached hydrogens (tertiary/aromatic N) is 2. The molecule has 2 aromatic heterocycles. The standard InChI is InChI=1S/C19H20F5N3O3/c1-3-18(20,21)10-30-16-7-4-13(8-26-16)17(28)27-12(2)15-6-5-14(9-25-15)29-11-19(22,23)24/h4-9,12H,3,10-11H2,1-2H3,(H,27,28). The van der Waals surface area contributed by atoms with Crippen LogP contribution < -0.4 is 14.8 Å². The number of rotatable bonds is 9. The van der Waals surface area contributed by atoms with Crippen molar-refractivity contribution in [1.29, 1.82) is 0 Å². The van der Waals surface area contributed by atoms with Gasteiger partial charge in [-0.2, -0.15) is 13.2 Å². The van der Waals surface area contributed by atoms with Crippen LogP contribution in [0.15, 0.2) is 36.7 Å². The van der Waals surface area contributed by atoms with Crippen LogP contribution >= 0.6 is 0 Å². The van der Waals surface area contributed by atoms with Crippen molar-refractivity contribution in [3.63, 3.8) is 0 Å². The first kappa shape index (κ1) is 23.3. The third-order valence-electron chi connectivity index (χ3n) is 3.90. The minimum Gasteiger partial charge on any atom is -0.483 e. The molecule has 1 unspecified atom stereocenters. The monoisotopic (exact) mass is 433 g/mol. The van der Waals surface area contributed by atoms with E-state index >= 15 is 0 Å². The Morgan fingerprint density at radius 3 is 2.30 bits per heavy atom. The predicted molar refractivity (Wildman–Crippen MR) is 96.6 cm³/mol. The van der Waals surface area contributed by atoms with Crippen LogP contribution in [0.5, 0.6) is 11.6 Å². The molecule has 0 saturated carbocycles. The number of carbonyl (C=O) groups excluding carboxylic acids is 1. The second-order valence-corrected chi connectivity index (χ2v) is 6.40. The lowest BCUT2D eigenvalue weighted by atomic mass is 10.2. The van der Waals surface area contributed by atoms with E-state index in [4.69, 9.17) is 4.74 Å². The summed E-state index contributed by atoms with van der Waals surface area (Å²) in [7, 11) is 0. The number of aromatic nitrogens is 2. The zero-order chi connectivity index (χ0) is 22.4. The van der Waals surface area contributed by atoms with E-state index in [-0.39, 0.29) is 23.6 Å². The lowest BCUT2D eigenvalue weighted by Gasteiger charge is -2.15. The second kappa shape index (κ2) is 9.68. The number of nitrogens with one attached hydrogen (secondary N) is 1. The van der Waals surface area contributed by atoms with Crippen molar-refractivity contribution in [2.24, 2.45) is 0 Å². The van der Waals surface area contributed by atoms with Crippen molar-refractivity contribution in [1.82, 2.24) is 15.3 Å². The molecular formula is C19H20F5N3O3. The largest absolute Gasteiger partial charge is 0.483 e. The molecule has 0 radical (unpaired) electrons. The molecule has 2 rings (SSSR count). The van der Waals surface area contributed by atoms with Gasteiger partial charge >= 0.3 is 6.18 Å². The van der Waals surface area contributed by atoms with E-state index in [0.29, 0.717) is 5.69 Å². The van der Waals surface area contributed by atoms with E-state index in [0.717, 1.165) is 6.20 Å². The van der Waals surface area contributed by atoms with Crippen LogP contribution in [-0.2, 0) is 0 Å². The second-order valence-electron chi connectivity index (χ2n) is 6.40. The minimum absolute atomic E-state index is 0.0381. The van der Waals surface area contributed by atoms with Crippen LogP contribution in [0.2, 0.25) is 0 Å². The highest BCUT2D eigenvalue weighted by Crippen LogP contribution is 2.21. The summed E-state index contributed by atoms with van der Waals surface area (Å²) in [5, 5.41) is 2.65. The van der Waals surface area contributed by atoms with Gasteiger partial charge in [-0.05, 0) is 25.1 Å². The Balaban J connectivity index is 1.90. The van der Waals surface area contributed by atoms with Crippen LogP contribution in [-0.4, -0.2) is 41.2 Å². The van der Waals surface area contributed by atoms with Crippen molar-refractivity contribution in [3.05, 3.63) is 47.9 Å². The maximum absolute atomic E-state index is 13.2. The van der Waals surface area contributed by atoms with Gasteiger partial charge in [0, 0.05) is 18.7 Å². The molecule has 1 N–H and O–H groups in total. The zero-order valence-corrected chi connectivity index (χ0v) is 16.2. The molecule has 0 aliphatic carbocycles. The molecule has 2 aromatic rings. The highest BCUT2D eigenvalue weighted by atomic mass is 19.4. The van der Waals surface area contributed by atoms with Crippen LogP contribution in [0.1, 0.15) is 42.4 Å². The summed E-state index contributed by atoms with van der Waals surface area (Å²) in [6, 6.07) is 4.86. The van der Waals surface area contributed by atoms with E-state index in [1.54, 1.807) is 6.92 Å². The Morgan fingerprint density at radius 1 is 1.03 bits per heavy atom. The molecule has 0 saturated heterocycles. The lowest BCUT2D eigenvalue weighted by Crippen LogP contribution is -2.27. The summed E-state index contributed by atoms with van der Waals surface area (Å²) in [6.07, 6.45) is -2.51. The number of alkyl halides is 5. The molecule has 0 bridgehead atoms. The Hall–Kier alpha value is -2.98. The molecular weight excluding hydrogens is 413 g/mol. The van der Waals surface area contributed by atoms with Gasteiger partial charge in [0.05, 0.1) is 23.5 Å². The van der Waals surface area contributed by atoms with Gasteiger partial charge in [-0.25, -0.2) is 13.8 Å². The topological polar surface area (TPSA) is 73.3 Å². The van der Waals surface area contributed by atoms with Gasteiger partial charge in [-0.1, -0.05) is 6.92 Å². The molecule has 0 aliphatic heterocycles. The first-order valence-corrected chi connectivity index (χ1v) is 8.92. The minimum atomic E-state index is -4.45. The van der Waals surface area contributed by atoms with Gasteiger partial charge in [0.1, 0.15) is 5.75 Å². The predicted octanol–water partition coefficient (Wildman–Crippen LogP) is 4.33. The van der Waals surface area contributed by atoms with Crippen LogP contribution in [0.4, 0.5) is 22.0 Å². The Kier molecular flexibility index (Phi) is 7.52. The molecule has 0 aliphatic rings. The SMILES string of the molecule is CCC(F)(F)COc1ccc(C(=O)NC(C)c2ccc(OCC(F)(F)F)cn2)cn1. The maximum atomic E-state index is 13.2. The van der Waals surface area contributed by atoms with Crippen molar-refractivity contribution in [2.45, 2.75) is 38.4 Å². The molecule has 2 heterocycles. The summed E-state index contributed by atoms with van der Waals surface area (Å²) in [6.45, 7) is 0.730. The van der Waals surface area contributed by atoms with E-state index in [1.807, 2.05) is 0 Å². The molecule has 0 fully saturated rings. The fourth-order valence-corrected chi connectivity index (χ4v) is 2.13. The average Bonchev–Trinajstić information content (AvgIpc) is 2.71. The fraction of sp³-hybridized carbons (Fsp3) is 0.421. The van der Waals surface area contributed by atoms with E-state index in [9.17, 15) is 26.7 Å². The number of ether oxygens (including phenoxy) is 2. The summed E-state index contributed by atoms with van der Waals surface area (Å²) < 4.78 is 72.3. The molecule has 11 heteroatoms. The molecule has 1 atom stereocenters. The quantitative estimate of drug-likeness (QED) is 0.596. The summed E-state index contributed by atoms with van der Waals surface area (Å²) >= 11 is 0. The number of halogens is 5. The van der Waals surface area contributed by atoms with Gasteiger partial charge in [-0.3, -0.25) is 9.78 Å². The Bertz CT molecular complexity index is 827. The van der Waals surface area contributed by atoms with Crippen molar-refractivity contribution in [2.75, 3.05) is 13.2 Å². The number of hydrogen-bond acceptors (Lipinski definition) is 5. The first-order chi connectivity index (χ1) is 14.0. The van der Waals surface area contributed by atoms with E-state index in [1.165, 1.54) is 37.4 Å². The van der Waals surface area contributed by atoms with Gasteiger partial charge in [0.25, 0.3) is 11.8 Å². The highest BCUT2D eigenvalue weighted by molar-refractivity contribution is 5.94. The fourth-order valence-electron chi connectivity index (χ4n) is 2.13. The van der Waals surface area contributed by atoms with Gasteiger partial charge in [-0.15, -0.1) is 0 Å². The average molecular weight is 433 g/mol. The third kappa shape index (κ3) is 7.45. The van der Waals surface area contributed by atoms with Gasteiger partial charge < -0.3 is 14.8 Å². The number of pyridine rings is 2. The van der Waals surface area contributed by atoms with Gasteiger partial charge in [0.15, 0.2) is 13.2 Å². The number of carbonyl (C=O) groups is 1. The number of amides is 1. The molecule has 6 nitrogen and oxygen atoms in total. The first-order valence-electron chi connectivity index (χ1n) is 8.92. The summed E-state index contributed by atoms with van der Waals surface area (Å²) in [5.74, 6) is -3.56. The van der Waals surface area contributed by atoms with E-state index in [2.05, 4.69) is 20.0 Å². The van der Waals surface area contributed by atoms with Crippen molar-refractivity contribution >= 4 is 5.91 Å². The normalized spacial score (nSPS) is 12.9. The molecule has 0 spiro atoms. The van der Waals surface area contributed by atoms with Gasteiger partial charge in [0.2, 0.25) is 5.88 Å².